The number of hydrogen-bond donors (Lipinski definition) is 3. The molecule has 0 aliphatic rings. The Bertz CT molecular complexity index is 799. The Morgan fingerprint density at radius 2 is 1.56 bits per heavy atom. The molecule has 0 spiro atoms. The van der Waals surface area contributed by atoms with E-state index in [9.17, 15) is 14.4 Å². The zero-order valence-corrected chi connectivity index (χ0v) is 15.5. The van der Waals surface area contributed by atoms with Crippen molar-refractivity contribution >= 4 is 23.5 Å². The van der Waals surface area contributed by atoms with Crippen LogP contribution in [0.15, 0.2) is 54.6 Å². The number of nitrogens with one attached hydrogen (secondary N) is 2. The van der Waals surface area contributed by atoms with Gasteiger partial charge in [-0.15, -0.1) is 0 Å². The third kappa shape index (κ3) is 6.93. The van der Waals surface area contributed by atoms with Crippen LogP contribution in [0.5, 0.6) is 0 Å². The Labute approximate surface area is 158 Å². The molecule has 0 saturated heterocycles. The molecule has 0 bridgehead atoms. The maximum Gasteiger partial charge on any atom is 0.303 e. The lowest BCUT2D eigenvalue weighted by molar-refractivity contribution is -0.139. The average molecular weight is 368 g/mol. The standard InChI is InChI=1S/C21H24N2O4/c1-21(2,13-19(25)26)12-18(24)23-17-10-8-16(9-11-17)20(27)22-14-15-6-4-3-5-7-15/h3-11H,12-14H2,1-2H3,(H,22,27)(H,23,24)(H,25,26). The number of aliphatic carboxylic acids is 1. The SMILES string of the molecule is CC(C)(CC(=O)O)CC(=O)Nc1ccc(C(=O)NCc2ccccc2)cc1. The zero-order valence-electron chi connectivity index (χ0n) is 15.5. The van der Waals surface area contributed by atoms with Gasteiger partial charge in [-0.2, -0.15) is 0 Å². The van der Waals surface area contributed by atoms with Gasteiger partial charge in [0.25, 0.3) is 5.91 Å². The molecule has 2 aromatic carbocycles. The predicted molar refractivity (Wildman–Crippen MR) is 103 cm³/mol. The highest BCUT2D eigenvalue weighted by Gasteiger charge is 2.25. The third-order valence-electron chi connectivity index (χ3n) is 4.00. The minimum atomic E-state index is -0.932. The van der Waals surface area contributed by atoms with Crippen molar-refractivity contribution in [3.63, 3.8) is 0 Å². The first kappa shape index (κ1) is 20.2. The van der Waals surface area contributed by atoms with Crippen LogP contribution >= 0.6 is 0 Å². The molecule has 27 heavy (non-hydrogen) atoms. The molecule has 6 heteroatoms. The second-order valence-electron chi connectivity index (χ2n) is 7.21. The first-order valence-corrected chi connectivity index (χ1v) is 8.69. The fraction of sp³-hybridized carbons (Fsp3) is 0.286. The molecular formula is C21H24N2O4. The second kappa shape index (κ2) is 8.98. The van der Waals surface area contributed by atoms with Gasteiger partial charge in [0.2, 0.25) is 5.91 Å². The van der Waals surface area contributed by atoms with Crippen LogP contribution in [-0.2, 0) is 16.1 Å². The normalized spacial score (nSPS) is 10.9. The van der Waals surface area contributed by atoms with E-state index in [0.29, 0.717) is 17.8 Å². The van der Waals surface area contributed by atoms with Crippen LogP contribution < -0.4 is 10.6 Å². The van der Waals surface area contributed by atoms with Crippen molar-refractivity contribution in [1.29, 1.82) is 0 Å². The fourth-order valence-electron chi connectivity index (χ4n) is 2.70. The fourth-order valence-corrected chi connectivity index (χ4v) is 2.70. The Hall–Kier alpha value is -3.15. The summed E-state index contributed by atoms with van der Waals surface area (Å²) in [5.74, 6) is -1.39. The molecule has 2 rings (SSSR count). The van der Waals surface area contributed by atoms with Crippen LogP contribution in [-0.4, -0.2) is 22.9 Å². The van der Waals surface area contributed by atoms with Crippen molar-refractivity contribution in [2.24, 2.45) is 5.41 Å². The van der Waals surface area contributed by atoms with Gasteiger partial charge in [0.05, 0.1) is 6.42 Å². The van der Waals surface area contributed by atoms with Crippen LogP contribution in [0.4, 0.5) is 5.69 Å². The number of carbonyl (C=O) groups is 3. The van der Waals surface area contributed by atoms with Gasteiger partial charge in [0.1, 0.15) is 0 Å². The molecular weight excluding hydrogens is 344 g/mol. The van der Waals surface area contributed by atoms with Gasteiger partial charge >= 0.3 is 5.97 Å². The summed E-state index contributed by atoms with van der Waals surface area (Å²) in [6.45, 7) is 3.92. The lowest BCUT2D eigenvalue weighted by atomic mass is 9.85. The molecule has 0 unspecified atom stereocenters. The van der Waals surface area contributed by atoms with Gasteiger partial charge in [0, 0.05) is 24.2 Å². The van der Waals surface area contributed by atoms with Crippen LogP contribution in [0, 0.1) is 5.41 Å². The molecule has 3 N–H and O–H groups in total. The molecule has 2 amide bonds. The van der Waals surface area contributed by atoms with Crippen LogP contribution in [0.25, 0.3) is 0 Å². The van der Waals surface area contributed by atoms with Crippen molar-refractivity contribution in [2.45, 2.75) is 33.2 Å². The molecule has 0 radical (unpaired) electrons. The van der Waals surface area contributed by atoms with Gasteiger partial charge in [-0.3, -0.25) is 14.4 Å². The Morgan fingerprint density at radius 3 is 2.15 bits per heavy atom. The number of carboxylic acids is 1. The summed E-state index contributed by atoms with van der Waals surface area (Å²) in [7, 11) is 0. The van der Waals surface area contributed by atoms with Gasteiger partial charge in [-0.25, -0.2) is 0 Å². The Kier molecular flexibility index (Phi) is 6.71. The average Bonchev–Trinajstić information content (AvgIpc) is 2.59. The quantitative estimate of drug-likeness (QED) is 0.665. The van der Waals surface area contributed by atoms with Crippen LogP contribution in [0.1, 0.15) is 42.6 Å². The molecule has 0 aliphatic carbocycles. The monoisotopic (exact) mass is 368 g/mol. The number of hydrogen-bond acceptors (Lipinski definition) is 3. The van der Waals surface area contributed by atoms with Crippen molar-refractivity contribution in [2.75, 3.05) is 5.32 Å². The lowest BCUT2D eigenvalue weighted by Gasteiger charge is -2.21. The van der Waals surface area contributed by atoms with Crippen LogP contribution in [0.2, 0.25) is 0 Å². The minimum absolute atomic E-state index is 0.0824. The maximum absolute atomic E-state index is 12.2. The van der Waals surface area contributed by atoms with E-state index in [0.717, 1.165) is 5.56 Å². The zero-order chi connectivity index (χ0) is 19.9. The third-order valence-corrected chi connectivity index (χ3v) is 4.00. The summed E-state index contributed by atoms with van der Waals surface area (Å²) in [4.78, 5) is 35.1. The lowest BCUT2D eigenvalue weighted by Crippen LogP contribution is -2.25. The van der Waals surface area contributed by atoms with E-state index in [1.807, 2.05) is 30.3 Å². The molecule has 6 nitrogen and oxygen atoms in total. The molecule has 142 valence electrons. The highest BCUT2D eigenvalue weighted by molar-refractivity contribution is 5.96. The number of anilines is 1. The number of amides is 2. The van der Waals surface area contributed by atoms with Crippen molar-refractivity contribution in [3.8, 4) is 0 Å². The summed E-state index contributed by atoms with van der Waals surface area (Å²) in [5, 5.41) is 14.5. The number of carbonyl (C=O) groups excluding carboxylic acids is 2. The van der Waals surface area contributed by atoms with Crippen LogP contribution in [0.3, 0.4) is 0 Å². The molecule has 0 saturated carbocycles. The summed E-state index contributed by atoms with van der Waals surface area (Å²) in [6.07, 6.45) is 0.0134. The highest BCUT2D eigenvalue weighted by atomic mass is 16.4. The van der Waals surface area contributed by atoms with Gasteiger partial charge < -0.3 is 15.7 Å². The topological polar surface area (TPSA) is 95.5 Å². The first-order valence-electron chi connectivity index (χ1n) is 8.69. The number of carboxylic acid groups (broad SMARTS) is 1. The van der Waals surface area contributed by atoms with Gasteiger partial charge in [-0.1, -0.05) is 44.2 Å². The molecule has 0 aliphatic heterocycles. The molecule has 2 aromatic rings. The Balaban J connectivity index is 1.88. The van der Waals surface area contributed by atoms with E-state index in [1.165, 1.54) is 0 Å². The predicted octanol–water partition coefficient (Wildman–Crippen LogP) is 3.45. The number of benzene rings is 2. The summed E-state index contributed by atoms with van der Waals surface area (Å²) >= 11 is 0. The van der Waals surface area contributed by atoms with E-state index in [4.69, 9.17) is 5.11 Å². The van der Waals surface area contributed by atoms with E-state index in [-0.39, 0.29) is 24.7 Å². The maximum atomic E-state index is 12.2. The first-order chi connectivity index (χ1) is 12.7. The largest absolute Gasteiger partial charge is 0.481 e. The molecule has 0 heterocycles. The summed E-state index contributed by atoms with van der Waals surface area (Å²) in [6, 6.07) is 16.2. The van der Waals surface area contributed by atoms with Gasteiger partial charge in [0.15, 0.2) is 0 Å². The summed E-state index contributed by atoms with van der Waals surface area (Å²) in [5.41, 5.74) is 1.44. The minimum Gasteiger partial charge on any atom is -0.481 e. The molecule has 0 atom stereocenters. The van der Waals surface area contributed by atoms with Crippen molar-refractivity contribution in [1.82, 2.24) is 5.32 Å². The van der Waals surface area contributed by atoms with E-state index < -0.39 is 11.4 Å². The highest BCUT2D eigenvalue weighted by Crippen LogP contribution is 2.25. The molecule has 0 aromatic heterocycles. The van der Waals surface area contributed by atoms with E-state index in [1.54, 1.807) is 38.1 Å². The smallest absolute Gasteiger partial charge is 0.303 e. The summed E-state index contributed by atoms with van der Waals surface area (Å²) < 4.78 is 0. The van der Waals surface area contributed by atoms with E-state index >= 15 is 0 Å². The van der Waals surface area contributed by atoms with Crippen molar-refractivity contribution < 1.29 is 19.5 Å². The van der Waals surface area contributed by atoms with Gasteiger partial charge in [-0.05, 0) is 35.2 Å². The van der Waals surface area contributed by atoms with E-state index in [2.05, 4.69) is 10.6 Å². The second-order valence-corrected chi connectivity index (χ2v) is 7.21. The number of rotatable bonds is 8. The Morgan fingerprint density at radius 1 is 0.926 bits per heavy atom. The molecule has 0 fully saturated rings. The van der Waals surface area contributed by atoms with Crippen molar-refractivity contribution in [3.05, 3.63) is 65.7 Å².